The van der Waals surface area contributed by atoms with E-state index >= 15 is 0 Å². The van der Waals surface area contributed by atoms with E-state index in [4.69, 9.17) is 10.5 Å². The summed E-state index contributed by atoms with van der Waals surface area (Å²) >= 11 is 0. The summed E-state index contributed by atoms with van der Waals surface area (Å²) in [6, 6.07) is 11.6. The van der Waals surface area contributed by atoms with Gasteiger partial charge in [-0.3, -0.25) is 0 Å². The molecule has 3 heteroatoms. The number of pyridine rings is 1. The van der Waals surface area contributed by atoms with Crippen molar-refractivity contribution in [3.63, 3.8) is 0 Å². The van der Waals surface area contributed by atoms with E-state index in [-0.39, 0.29) is 0 Å². The Balaban J connectivity index is 2.33. The standard InChI is InChI=1S/C13H10N2O/c14-13-6-5-9-7-10-3-1-2-4-12(10)16-8-11(9)15-13/h1-8H,(H2,14,15). The van der Waals surface area contributed by atoms with Gasteiger partial charge in [-0.05, 0) is 24.3 Å². The van der Waals surface area contributed by atoms with Crippen LogP contribution in [0.1, 0.15) is 5.56 Å². The number of nitrogens with two attached hydrogens (primary N) is 1. The highest BCUT2D eigenvalue weighted by Gasteiger charge is 2.03. The number of hydrogen-bond donors (Lipinski definition) is 1. The molecule has 3 rings (SSSR count). The molecule has 1 aliphatic rings. The number of benzene rings is 1. The maximum absolute atomic E-state index is 5.64. The van der Waals surface area contributed by atoms with Gasteiger partial charge >= 0.3 is 0 Å². The molecule has 0 unspecified atom stereocenters. The maximum atomic E-state index is 5.64. The highest BCUT2D eigenvalue weighted by molar-refractivity contribution is 5.59. The predicted molar refractivity (Wildman–Crippen MR) is 63.0 cm³/mol. The molecule has 1 aromatic heterocycles. The molecule has 0 atom stereocenters. The van der Waals surface area contributed by atoms with Gasteiger partial charge < -0.3 is 10.5 Å². The molecule has 0 saturated heterocycles. The first-order valence-electron chi connectivity index (χ1n) is 5.03. The monoisotopic (exact) mass is 210 g/mol. The van der Waals surface area contributed by atoms with E-state index in [0.717, 1.165) is 21.9 Å². The molecule has 0 amide bonds. The van der Waals surface area contributed by atoms with E-state index < -0.39 is 0 Å². The number of hydrogen-bond acceptors (Lipinski definition) is 3. The molecular formula is C13H10N2O. The van der Waals surface area contributed by atoms with Crippen LogP contribution >= 0.6 is 0 Å². The van der Waals surface area contributed by atoms with Crippen molar-refractivity contribution in [2.24, 2.45) is 0 Å². The van der Waals surface area contributed by atoms with Crippen LogP contribution in [0.5, 0.6) is 5.75 Å². The van der Waals surface area contributed by atoms with Crippen molar-refractivity contribution >= 4 is 18.2 Å². The summed E-state index contributed by atoms with van der Waals surface area (Å²) in [6.07, 6.45) is 3.68. The maximum Gasteiger partial charge on any atom is 0.133 e. The molecule has 0 aliphatic carbocycles. The lowest BCUT2D eigenvalue weighted by molar-refractivity contribution is 0.538. The minimum Gasteiger partial charge on any atom is -0.462 e. The second-order valence-corrected chi connectivity index (χ2v) is 3.63. The van der Waals surface area contributed by atoms with Crippen LogP contribution in [-0.2, 0) is 0 Å². The minimum atomic E-state index is 0.498. The highest BCUT2D eigenvalue weighted by Crippen LogP contribution is 2.19. The van der Waals surface area contributed by atoms with Gasteiger partial charge in [-0.15, -0.1) is 0 Å². The number of nitrogen functional groups attached to an aromatic ring is 1. The van der Waals surface area contributed by atoms with Crippen LogP contribution in [0.25, 0.3) is 12.3 Å². The molecular weight excluding hydrogens is 200 g/mol. The smallest absolute Gasteiger partial charge is 0.133 e. The molecule has 0 fully saturated rings. The second-order valence-electron chi connectivity index (χ2n) is 3.63. The first-order chi connectivity index (χ1) is 7.83. The third kappa shape index (κ3) is 1.42. The summed E-state index contributed by atoms with van der Waals surface area (Å²) < 4.78 is 5.56. The molecule has 2 N–H and O–H groups in total. The number of rotatable bonds is 0. The van der Waals surface area contributed by atoms with Gasteiger partial charge in [0.05, 0.1) is 0 Å². The molecule has 3 nitrogen and oxygen atoms in total. The van der Waals surface area contributed by atoms with Crippen molar-refractivity contribution in [1.29, 1.82) is 0 Å². The van der Waals surface area contributed by atoms with E-state index in [0.29, 0.717) is 5.82 Å². The van der Waals surface area contributed by atoms with Crippen molar-refractivity contribution < 1.29 is 4.74 Å². The Hall–Kier alpha value is -2.29. The highest BCUT2D eigenvalue weighted by atomic mass is 16.5. The van der Waals surface area contributed by atoms with Crippen LogP contribution in [0, 0.1) is 0 Å². The summed E-state index contributed by atoms with van der Waals surface area (Å²) in [7, 11) is 0. The molecule has 0 saturated carbocycles. The fraction of sp³-hybridized carbons (Fsp3) is 0. The largest absolute Gasteiger partial charge is 0.462 e. The third-order valence-electron chi connectivity index (χ3n) is 2.51. The van der Waals surface area contributed by atoms with Gasteiger partial charge in [0.15, 0.2) is 0 Å². The quantitative estimate of drug-likeness (QED) is 0.693. The van der Waals surface area contributed by atoms with E-state index in [1.165, 1.54) is 0 Å². The summed E-state index contributed by atoms with van der Waals surface area (Å²) in [5, 5.41) is 1.77. The molecule has 16 heavy (non-hydrogen) atoms. The van der Waals surface area contributed by atoms with Crippen molar-refractivity contribution in [1.82, 2.24) is 4.98 Å². The minimum absolute atomic E-state index is 0.498. The lowest BCUT2D eigenvalue weighted by Gasteiger charge is -2.01. The summed E-state index contributed by atoms with van der Waals surface area (Å²) in [5.41, 5.74) is 6.68. The van der Waals surface area contributed by atoms with Crippen molar-refractivity contribution in [2.75, 3.05) is 5.73 Å². The van der Waals surface area contributed by atoms with Crippen LogP contribution in [-0.4, -0.2) is 4.98 Å². The number of fused-ring (bicyclic) bond motifs is 2. The van der Waals surface area contributed by atoms with Crippen LogP contribution in [0.4, 0.5) is 5.82 Å². The van der Waals surface area contributed by atoms with Crippen LogP contribution in [0.3, 0.4) is 0 Å². The third-order valence-corrected chi connectivity index (χ3v) is 2.51. The normalized spacial score (nSPS) is 12.2. The van der Waals surface area contributed by atoms with Crippen LogP contribution < -0.4 is 21.0 Å². The predicted octanol–water partition coefficient (Wildman–Crippen LogP) is 0.623. The molecule has 2 heterocycles. The van der Waals surface area contributed by atoms with Crippen molar-refractivity contribution in [3.05, 3.63) is 52.5 Å². The lowest BCUT2D eigenvalue weighted by atomic mass is 10.1. The summed E-state index contributed by atoms with van der Waals surface area (Å²) in [5.74, 6) is 1.33. The van der Waals surface area contributed by atoms with Crippen molar-refractivity contribution in [2.45, 2.75) is 0 Å². The van der Waals surface area contributed by atoms with E-state index in [1.807, 2.05) is 36.4 Å². The van der Waals surface area contributed by atoms with Crippen molar-refractivity contribution in [3.8, 4) is 5.75 Å². The Bertz CT molecular complexity index is 662. The Kier molecular flexibility index (Phi) is 1.90. The zero-order chi connectivity index (χ0) is 11.0. The van der Waals surface area contributed by atoms with Gasteiger partial charge in [0, 0.05) is 10.8 Å². The number of aromatic nitrogens is 1. The van der Waals surface area contributed by atoms with Gasteiger partial charge in [0.2, 0.25) is 0 Å². The molecule has 0 bridgehead atoms. The summed E-state index contributed by atoms with van der Waals surface area (Å²) in [4.78, 5) is 4.22. The van der Waals surface area contributed by atoms with Gasteiger partial charge in [0.25, 0.3) is 0 Å². The Labute approximate surface area is 92.5 Å². The van der Waals surface area contributed by atoms with Crippen LogP contribution in [0.2, 0.25) is 0 Å². The SMILES string of the molecule is Nc1ccc2c(n1)=COc1ccccc1C=2. The molecule has 1 aliphatic heterocycles. The first-order valence-corrected chi connectivity index (χ1v) is 5.03. The fourth-order valence-electron chi connectivity index (χ4n) is 1.71. The van der Waals surface area contributed by atoms with Gasteiger partial charge in [-0.25, -0.2) is 4.98 Å². The summed E-state index contributed by atoms with van der Waals surface area (Å²) in [6.45, 7) is 0. The zero-order valence-electron chi connectivity index (χ0n) is 8.55. The molecule has 0 spiro atoms. The Morgan fingerprint density at radius 1 is 1.06 bits per heavy atom. The second kappa shape index (κ2) is 3.38. The number of anilines is 1. The topological polar surface area (TPSA) is 48.1 Å². The molecule has 0 radical (unpaired) electrons. The average molecular weight is 210 g/mol. The number of para-hydroxylation sites is 1. The van der Waals surface area contributed by atoms with E-state index in [9.17, 15) is 0 Å². The Morgan fingerprint density at radius 3 is 2.88 bits per heavy atom. The molecule has 2 aromatic rings. The number of nitrogens with zero attached hydrogens (tertiary/aromatic N) is 1. The van der Waals surface area contributed by atoms with Crippen LogP contribution in [0.15, 0.2) is 36.4 Å². The fourth-order valence-corrected chi connectivity index (χ4v) is 1.71. The average Bonchev–Trinajstić information content (AvgIpc) is 2.48. The van der Waals surface area contributed by atoms with E-state index in [2.05, 4.69) is 4.98 Å². The van der Waals surface area contributed by atoms with Gasteiger partial charge in [0.1, 0.15) is 23.2 Å². The zero-order valence-corrected chi connectivity index (χ0v) is 8.55. The lowest BCUT2D eigenvalue weighted by Crippen LogP contribution is -2.28. The van der Waals surface area contributed by atoms with Gasteiger partial charge in [-0.2, -0.15) is 0 Å². The molecule has 1 aromatic carbocycles. The Morgan fingerprint density at radius 2 is 1.94 bits per heavy atom. The van der Waals surface area contributed by atoms with Gasteiger partial charge in [-0.1, -0.05) is 18.2 Å². The van der Waals surface area contributed by atoms with E-state index in [1.54, 1.807) is 12.3 Å². The first kappa shape index (κ1) is 8.97. The number of ether oxygens (including phenoxy) is 1. The molecule has 78 valence electrons.